The van der Waals surface area contributed by atoms with Gasteiger partial charge < -0.3 is 9.15 Å². The Morgan fingerprint density at radius 2 is 2.35 bits per heavy atom. The molecular formula is C12H13NO3S. The summed E-state index contributed by atoms with van der Waals surface area (Å²) in [4.78, 5) is 16.6. The molecule has 90 valence electrons. The first-order valence-electron chi connectivity index (χ1n) is 5.30. The zero-order valence-electron chi connectivity index (χ0n) is 9.67. The summed E-state index contributed by atoms with van der Waals surface area (Å²) in [7, 11) is 0. The Labute approximate surface area is 103 Å². The van der Waals surface area contributed by atoms with Crippen molar-refractivity contribution in [2.45, 2.75) is 26.4 Å². The third kappa shape index (κ3) is 2.94. The number of nitrogens with zero attached hydrogens (tertiary/aromatic N) is 1. The monoisotopic (exact) mass is 251 g/mol. The summed E-state index contributed by atoms with van der Waals surface area (Å²) in [6.45, 7) is 4.53. The molecule has 0 atom stereocenters. The highest BCUT2D eigenvalue weighted by Crippen LogP contribution is 2.21. The van der Waals surface area contributed by atoms with Gasteiger partial charge in [0.05, 0.1) is 16.1 Å². The minimum atomic E-state index is -0.176. The van der Waals surface area contributed by atoms with Crippen LogP contribution in [0.5, 0.6) is 5.75 Å². The van der Waals surface area contributed by atoms with E-state index in [1.807, 2.05) is 0 Å². The molecule has 0 amide bonds. The number of rotatable bonds is 4. The lowest BCUT2D eigenvalue weighted by atomic mass is 10.2. The molecule has 2 aromatic heterocycles. The molecule has 17 heavy (non-hydrogen) atoms. The van der Waals surface area contributed by atoms with Gasteiger partial charge in [-0.15, -0.1) is 11.3 Å². The quantitative estimate of drug-likeness (QED) is 0.838. The summed E-state index contributed by atoms with van der Waals surface area (Å²) in [6, 6.07) is 1.33. The molecule has 0 radical (unpaired) electrons. The van der Waals surface area contributed by atoms with Gasteiger partial charge in [-0.1, -0.05) is 13.8 Å². The minimum absolute atomic E-state index is 0.176. The van der Waals surface area contributed by atoms with Gasteiger partial charge in [0.15, 0.2) is 0 Å². The van der Waals surface area contributed by atoms with Crippen LogP contribution in [0.3, 0.4) is 0 Å². The maximum absolute atomic E-state index is 11.4. The molecule has 0 N–H and O–H groups in total. The molecule has 0 fully saturated rings. The third-order valence-electron chi connectivity index (χ3n) is 2.15. The van der Waals surface area contributed by atoms with Crippen LogP contribution >= 0.6 is 11.3 Å². The van der Waals surface area contributed by atoms with Crippen LogP contribution in [0.15, 0.2) is 34.0 Å². The highest BCUT2D eigenvalue weighted by Gasteiger charge is 2.07. The summed E-state index contributed by atoms with van der Waals surface area (Å²) in [6.07, 6.45) is 4.43. The number of aromatic nitrogens is 1. The van der Waals surface area contributed by atoms with Gasteiger partial charge in [0, 0.05) is 18.2 Å². The van der Waals surface area contributed by atoms with Gasteiger partial charge in [0.1, 0.15) is 12.9 Å². The molecule has 5 heteroatoms. The van der Waals surface area contributed by atoms with E-state index in [0.29, 0.717) is 12.5 Å². The van der Waals surface area contributed by atoms with E-state index < -0.39 is 0 Å². The van der Waals surface area contributed by atoms with Crippen molar-refractivity contribution in [1.82, 2.24) is 4.98 Å². The minimum Gasteiger partial charge on any atom is -0.481 e. The molecule has 2 heterocycles. The fourth-order valence-electron chi connectivity index (χ4n) is 1.25. The van der Waals surface area contributed by atoms with Crippen molar-refractivity contribution in [2.24, 2.45) is 0 Å². The first-order valence-corrected chi connectivity index (χ1v) is 6.12. The van der Waals surface area contributed by atoms with E-state index >= 15 is 0 Å². The average Bonchev–Trinajstić information content (AvgIpc) is 2.77. The van der Waals surface area contributed by atoms with E-state index in [1.54, 1.807) is 17.5 Å². The van der Waals surface area contributed by atoms with E-state index in [2.05, 4.69) is 18.8 Å². The van der Waals surface area contributed by atoms with Crippen molar-refractivity contribution in [3.8, 4) is 5.75 Å². The Kier molecular flexibility index (Phi) is 3.58. The van der Waals surface area contributed by atoms with Crippen LogP contribution < -0.4 is 10.2 Å². The van der Waals surface area contributed by atoms with Crippen LogP contribution in [-0.4, -0.2) is 4.98 Å². The van der Waals surface area contributed by atoms with Crippen molar-refractivity contribution >= 4 is 11.3 Å². The molecule has 0 aliphatic carbocycles. The van der Waals surface area contributed by atoms with Crippen molar-refractivity contribution < 1.29 is 9.15 Å². The summed E-state index contributed by atoms with van der Waals surface area (Å²) >= 11 is 1.60. The number of ether oxygens (including phenoxy) is 1. The number of hydrogen-bond donors (Lipinski definition) is 0. The average molecular weight is 251 g/mol. The molecule has 0 saturated heterocycles. The highest BCUT2D eigenvalue weighted by atomic mass is 32.1. The maximum atomic E-state index is 11.4. The second-order valence-corrected chi connectivity index (χ2v) is 5.04. The van der Waals surface area contributed by atoms with Gasteiger partial charge in [-0.3, -0.25) is 4.79 Å². The van der Waals surface area contributed by atoms with Crippen molar-refractivity contribution in [2.75, 3.05) is 0 Å². The zero-order valence-corrected chi connectivity index (χ0v) is 10.5. The van der Waals surface area contributed by atoms with Crippen molar-refractivity contribution in [3.63, 3.8) is 0 Å². The fourth-order valence-corrected chi connectivity index (χ4v) is 2.09. The number of hydrogen-bond acceptors (Lipinski definition) is 5. The summed E-state index contributed by atoms with van der Waals surface area (Å²) < 4.78 is 10.3. The predicted octanol–water partition coefficient (Wildman–Crippen LogP) is 2.80. The van der Waals surface area contributed by atoms with Crippen LogP contribution in [0, 0.1) is 0 Å². The van der Waals surface area contributed by atoms with Crippen molar-refractivity contribution in [3.05, 3.63) is 44.9 Å². The molecular weight excluding hydrogens is 238 g/mol. The van der Waals surface area contributed by atoms with E-state index in [9.17, 15) is 4.79 Å². The molecule has 0 saturated carbocycles. The van der Waals surface area contributed by atoms with Gasteiger partial charge >= 0.3 is 0 Å². The van der Waals surface area contributed by atoms with Gasteiger partial charge in [-0.05, 0) is 0 Å². The molecule has 2 aromatic rings. The molecule has 2 rings (SSSR count). The second-order valence-electron chi connectivity index (χ2n) is 3.89. The van der Waals surface area contributed by atoms with Crippen LogP contribution in [0.25, 0.3) is 0 Å². The normalized spacial score (nSPS) is 10.8. The lowest BCUT2D eigenvalue weighted by Gasteiger charge is -2.01. The first kappa shape index (κ1) is 11.9. The Balaban J connectivity index is 2.03. The first-order chi connectivity index (χ1) is 8.16. The van der Waals surface area contributed by atoms with Crippen LogP contribution in [0.2, 0.25) is 0 Å². The fraction of sp³-hybridized carbons (Fsp3) is 0.333. The third-order valence-corrected chi connectivity index (χ3v) is 3.42. The summed E-state index contributed by atoms with van der Waals surface area (Å²) in [5.41, 5.74) is -0.176. The second kappa shape index (κ2) is 5.14. The lowest BCUT2D eigenvalue weighted by Crippen LogP contribution is -2.05. The van der Waals surface area contributed by atoms with Gasteiger partial charge in [-0.25, -0.2) is 4.98 Å². The highest BCUT2D eigenvalue weighted by molar-refractivity contribution is 7.11. The molecule has 0 aromatic carbocycles. The lowest BCUT2D eigenvalue weighted by molar-refractivity contribution is 0.295. The smallest absolute Gasteiger partial charge is 0.226 e. The van der Waals surface area contributed by atoms with Crippen LogP contribution in [-0.2, 0) is 6.61 Å². The molecule has 0 aliphatic rings. The predicted molar refractivity (Wildman–Crippen MR) is 65.5 cm³/mol. The van der Waals surface area contributed by atoms with Crippen molar-refractivity contribution in [1.29, 1.82) is 0 Å². The molecule has 0 unspecified atom stereocenters. The van der Waals surface area contributed by atoms with Gasteiger partial charge in [0.2, 0.25) is 11.2 Å². The summed E-state index contributed by atoms with van der Waals surface area (Å²) in [5, 5.41) is 1.07. The molecule has 0 bridgehead atoms. The standard InChI is InChI=1S/C12H13NO3S/c1-8(2)12-13-5-9(17-12)6-16-11-7-15-4-3-10(11)14/h3-5,7-8H,6H2,1-2H3. The Morgan fingerprint density at radius 3 is 3.00 bits per heavy atom. The molecule has 0 aliphatic heterocycles. The van der Waals surface area contributed by atoms with Crippen LogP contribution in [0.1, 0.15) is 29.7 Å². The summed E-state index contributed by atoms with van der Waals surface area (Å²) in [5.74, 6) is 0.641. The van der Waals surface area contributed by atoms with Gasteiger partial charge in [0.25, 0.3) is 0 Å². The van der Waals surface area contributed by atoms with Crippen LogP contribution in [0.4, 0.5) is 0 Å². The largest absolute Gasteiger partial charge is 0.481 e. The zero-order chi connectivity index (χ0) is 12.3. The number of thiazole rings is 1. The Morgan fingerprint density at radius 1 is 1.53 bits per heavy atom. The SMILES string of the molecule is CC(C)c1ncc(COc2coccc2=O)s1. The van der Waals surface area contributed by atoms with E-state index in [1.165, 1.54) is 18.6 Å². The van der Waals surface area contributed by atoms with E-state index in [-0.39, 0.29) is 11.2 Å². The molecule has 4 nitrogen and oxygen atoms in total. The van der Waals surface area contributed by atoms with E-state index in [4.69, 9.17) is 9.15 Å². The topological polar surface area (TPSA) is 52.3 Å². The van der Waals surface area contributed by atoms with Gasteiger partial charge in [-0.2, -0.15) is 0 Å². The Hall–Kier alpha value is -1.62. The van der Waals surface area contributed by atoms with E-state index in [0.717, 1.165) is 9.88 Å². The maximum Gasteiger partial charge on any atom is 0.226 e. The molecule has 0 spiro atoms. The Bertz CT molecular complexity index is 544.